The summed E-state index contributed by atoms with van der Waals surface area (Å²) in [5, 5.41) is 0. The standard InChI is InChI=1S/C5H12.C3H8.C2H6.3Ar/c1-4-5(2)3;1-3-2;1-2;;;/h5H,4H2,1-3H3;3H2,1-2H3;1-2H3;;;. The Morgan fingerprint density at radius 3 is 0.846 bits per heavy atom. The molecule has 0 aliphatic carbocycles. The van der Waals surface area contributed by atoms with Gasteiger partial charge in [-0.1, -0.05) is 61.3 Å². The summed E-state index contributed by atoms with van der Waals surface area (Å²) >= 11 is 0. The van der Waals surface area contributed by atoms with Gasteiger partial charge in [-0.15, -0.1) is 0 Å². The van der Waals surface area contributed by atoms with Crippen LogP contribution in [0.4, 0.5) is 0 Å². The van der Waals surface area contributed by atoms with Gasteiger partial charge in [-0.05, 0) is 5.92 Å². The molecule has 0 atom stereocenters. The van der Waals surface area contributed by atoms with Crippen molar-refractivity contribution in [2.24, 2.45) is 5.92 Å². The van der Waals surface area contributed by atoms with Crippen molar-refractivity contribution in [1.82, 2.24) is 0 Å². The number of hydrogen-bond donors (Lipinski definition) is 0. The van der Waals surface area contributed by atoms with Gasteiger partial charge in [-0.3, -0.25) is 0 Å². The quantitative estimate of drug-likeness (QED) is 0.655. The van der Waals surface area contributed by atoms with E-state index in [1.165, 1.54) is 12.8 Å². The van der Waals surface area contributed by atoms with Crippen molar-refractivity contribution >= 4 is 0 Å². The normalized spacial score (nSPS) is 5.54. The average molecular weight is 266 g/mol. The van der Waals surface area contributed by atoms with Crippen LogP contribution in [0, 0.1) is 119 Å². The summed E-state index contributed by atoms with van der Waals surface area (Å²) in [5.41, 5.74) is 0. The predicted octanol–water partition coefficient (Wildman–Crippen LogP) is 4.49. The summed E-state index contributed by atoms with van der Waals surface area (Å²) in [4.78, 5) is 0. The van der Waals surface area contributed by atoms with E-state index in [0.29, 0.717) is 0 Å². The molecule has 13 heavy (non-hydrogen) atoms. The van der Waals surface area contributed by atoms with E-state index in [1.807, 2.05) is 13.8 Å². The van der Waals surface area contributed by atoms with E-state index in [0.717, 1.165) is 5.92 Å². The molecule has 0 nitrogen and oxygen atoms in total. The van der Waals surface area contributed by atoms with Gasteiger partial charge < -0.3 is 0 Å². The molecule has 90 valence electrons. The first kappa shape index (κ1) is 36.0. The zero-order chi connectivity index (χ0) is 8.99. The largest absolute Gasteiger partial charge is 0.0683 e. The maximum atomic E-state index is 2.22. The Hall–Kier alpha value is 3.78. The molecule has 0 unspecified atom stereocenters. The van der Waals surface area contributed by atoms with Gasteiger partial charge in [0, 0.05) is 113 Å². The summed E-state index contributed by atoms with van der Waals surface area (Å²) < 4.78 is 0. The Morgan fingerprint density at radius 1 is 0.769 bits per heavy atom. The predicted molar refractivity (Wildman–Crippen MR) is 52.4 cm³/mol. The minimum absolute atomic E-state index is 0. The van der Waals surface area contributed by atoms with Crippen molar-refractivity contribution in [3.8, 4) is 0 Å². The number of hydrogen-bond acceptors (Lipinski definition) is 0. The Balaban J connectivity index is -0.0000000138. The van der Waals surface area contributed by atoms with Crippen LogP contribution in [0.5, 0.6) is 0 Å². The third-order valence-electron chi connectivity index (χ3n) is 0.816. The van der Waals surface area contributed by atoms with Gasteiger partial charge in [0.25, 0.3) is 0 Å². The van der Waals surface area contributed by atoms with E-state index in [4.69, 9.17) is 0 Å². The third-order valence-corrected chi connectivity index (χ3v) is 0.816. The summed E-state index contributed by atoms with van der Waals surface area (Å²) in [6.45, 7) is 14.9. The zero-order valence-electron chi connectivity index (χ0n) is 10.1. The van der Waals surface area contributed by atoms with Gasteiger partial charge in [0.05, 0.1) is 0 Å². The van der Waals surface area contributed by atoms with Gasteiger partial charge in [0.2, 0.25) is 0 Å². The first-order chi connectivity index (χ1) is 4.68. The number of rotatable bonds is 1. The third kappa shape index (κ3) is 89.7. The van der Waals surface area contributed by atoms with Crippen LogP contribution in [0.2, 0.25) is 0 Å². The summed E-state index contributed by atoms with van der Waals surface area (Å²) in [7, 11) is 0. The molecule has 0 rings (SSSR count). The molecule has 0 aromatic carbocycles. The second-order valence-corrected chi connectivity index (χ2v) is 2.51. The molecule has 0 N–H and O–H groups in total. The summed E-state index contributed by atoms with van der Waals surface area (Å²) in [5.74, 6) is 0.884. The van der Waals surface area contributed by atoms with Crippen molar-refractivity contribution in [3.05, 3.63) is 0 Å². The second-order valence-electron chi connectivity index (χ2n) is 2.51. The molecule has 0 fully saturated rings. The molecule has 0 aromatic rings. The van der Waals surface area contributed by atoms with Crippen molar-refractivity contribution in [3.63, 3.8) is 0 Å². The molecule has 0 saturated carbocycles. The van der Waals surface area contributed by atoms with Crippen LogP contribution in [-0.2, 0) is 0 Å². The van der Waals surface area contributed by atoms with Crippen LogP contribution in [0.25, 0.3) is 0 Å². The second kappa shape index (κ2) is 44.7. The van der Waals surface area contributed by atoms with E-state index in [-0.39, 0.29) is 113 Å². The molecular weight excluding hydrogens is 240 g/mol. The molecule has 0 heterocycles. The molecular formula is C10H26Ar3. The molecule has 0 aromatic heterocycles. The van der Waals surface area contributed by atoms with E-state index in [9.17, 15) is 0 Å². The maximum Gasteiger partial charge on any atom is 0 e. The van der Waals surface area contributed by atoms with Crippen molar-refractivity contribution < 1.29 is 113 Å². The van der Waals surface area contributed by atoms with E-state index >= 15 is 0 Å². The average Bonchev–Trinajstić information content (AvgIpc) is 1.94. The topological polar surface area (TPSA) is 0 Å². The van der Waals surface area contributed by atoms with E-state index in [1.54, 1.807) is 0 Å². The Bertz CT molecular complexity index is 31.4. The van der Waals surface area contributed by atoms with E-state index in [2.05, 4.69) is 34.6 Å². The van der Waals surface area contributed by atoms with Gasteiger partial charge in [-0.2, -0.15) is 0 Å². The van der Waals surface area contributed by atoms with Crippen LogP contribution in [0.1, 0.15) is 61.3 Å². The molecule has 0 bridgehead atoms. The van der Waals surface area contributed by atoms with Crippen LogP contribution in [0.3, 0.4) is 0 Å². The molecule has 3 heteroatoms. The summed E-state index contributed by atoms with van der Waals surface area (Å²) in [6, 6.07) is 0. The Labute approximate surface area is 176 Å². The minimum atomic E-state index is 0. The minimum Gasteiger partial charge on any atom is -0.0683 e. The van der Waals surface area contributed by atoms with Crippen LogP contribution >= 0.6 is 0 Å². The van der Waals surface area contributed by atoms with Crippen molar-refractivity contribution in [2.45, 2.75) is 61.3 Å². The monoisotopic (exact) mass is 266 g/mol. The van der Waals surface area contributed by atoms with Crippen LogP contribution in [0.15, 0.2) is 0 Å². The van der Waals surface area contributed by atoms with Crippen molar-refractivity contribution in [1.29, 1.82) is 0 Å². The molecule has 0 aliphatic rings. The summed E-state index contributed by atoms with van der Waals surface area (Å²) in [6.07, 6.45) is 2.56. The fourth-order valence-electron chi connectivity index (χ4n) is 0. The van der Waals surface area contributed by atoms with Gasteiger partial charge >= 0.3 is 0 Å². The molecule has 0 spiro atoms. The molecule has 0 amide bonds. The van der Waals surface area contributed by atoms with Gasteiger partial charge in [0.1, 0.15) is 0 Å². The maximum absolute atomic E-state index is 2.22. The molecule has 0 radical (unpaired) electrons. The fraction of sp³-hybridized carbons (Fsp3) is 1.00. The van der Waals surface area contributed by atoms with Crippen molar-refractivity contribution in [2.75, 3.05) is 0 Å². The SMILES string of the molecule is CC.CCC.CCC(C)C.[Ar].[Ar].[Ar]. The molecule has 0 aliphatic heterocycles. The van der Waals surface area contributed by atoms with Crippen LogP contribution in [-0.4, -0.2) is 0 Å². The van der Waals surface area contributed by atoms with Crippen LogP contribution < -0.4 is 0 Å². The van der Waals surface area contributed by atoms with Gasteiger partial charge in [-0.25, -0.2) is 0 Å². The zero-order valence-corrected chi connectivity index (χ0v) is 12.2. The Kier molecular flexibility index (Phi) is 124. The fourth-order valence-corrected chi connectivity index (χ4v) is 0. The first-order valence-corrected chi connectivity index (χ1v) is 4.68. The molecule has 0 saturated heterocycles. The van der Waals surface area contributed by atoms with E-state index < -0.39 is 0 Å². The smallest absolute Gasteiger partial charge is 0 e. The van der Waals surface area contributed by atoms with Gasteiger partial charge in [0.15, 0.2) is 0 Å². The Morgan fingerprint density at radius 2 is 0.846 bits per heavy atom. The first-order valence-electron chi connectivity index (χ1n) is 4.68.